The summed E-state index contributed by atoms with van der Waals surface area (Å²) in [5, 5.41) is 3.92. The van der Waals surface area contributed by atoms with Crippen molar-refractivity contribution in [1.82, 2.24) is 10.2 Å². The van der Waals surface area contributed by atoms with Gasteiger partial charge in [0.05, 0.1) is 0 Å². The third-order valence-electron chi connectivity index (χ3n) is 5.94. The van der Waals surface area contributed by atoms with E-state index in [-0.39, 0.29) is 0 Å². The summed E-state index contributed by atoms with van der Waals surface area (Å²) in [5.74, 6) is 0.760. The Hall–Kier alpha value is -0.900. The first-order chi connectivity index (χ1) is 10.8. The van der Waals surface area contributed by atoms with E-state index in [0.29, 0.717) is 6.04 Å². The first-order valence-electron chi connectivity index (χ1n) is 9.10. The van der Waals surface area contributed by atoms with Gasteiger partial charge in [-0.2, -0.15) is 0 Å². The lowest BCUT2D eigenvalue weighted by Crippen LogP contribution is -2.43. The Morgan fingerprint density at radius 3 is 2.45 bits per heavy atom. The molecule has 3 nitrogen and oxygen atoms in total. The van der Waals surface area contributed by atoms with E-state index in [2.05, 4.69) is 40.5 Å². The molecule has 1 saturated heterocycles. The van der Waals surface area contributed by atoms with Crippen molar-refractivity contribution in [3.63, 3.8) is 0 Å². The monoisotopic (exact) mass is 299 g/mol. The van der Waals surface area contributed by atoms with Crippen molar-refractivity contribution >= 4 is 0 Å². The molecule has 0 amide bonds. The minimum atomic E-state index is 0.425. The van der Waals surface area contributed by atoms with Crippen LogP contribution in [-0.4, -0.2) is 42.2 Å². The molecule has 0 aromatic heterocycles. The summed E-state index contributed by atoms with van der Waals surface area (Å²) < 4.78 is 0. The summed E-state index contributed by atoms with van der Waals surface area (Å²) in [5.41, 5.74) is 7.56. The molecule has 1 heterocycles. The van der Waals surface area contributed by atoms with Crippen LogP contribution in [0.25, 0.3) is 0 Å². The zero-order valence-corrected chi connectivity index (χ0v) is 13.5. The van der Waals surface area contributed by atoms with Crippen molar-refractivity contribution in [3.8, 4) is 0 Å². The van der Waals surface area contributed by atoms with E-state index in [1.165, 1.54) is 50.6 Å². The largest absolute Gasteiger partial charge is 0.326 e. The molecular weight excluding hydrogens is 270 g/mol. The van der Waals surface area contributed by atoms with E-state index in [4.69, 9.17) is 5.73 Å². The Morgan fingerprint density at radius 1 is 1.00 bits per heavy atom. The number of hydrogen-bond donors (Lipinski definition) is 2. The second-order valence-corrected chi connectivity index (χ2v) is 7.58. The van der Waals surface area contributed by atoms with Crippen LogP contribution in [0, 0.1) is 0 Å². The predicted molar refractivity (Wildman–Crippen MR) is 90.9 cm³/mol. The Labute approximate surface area is 134 Å². The Kier molecular flexibility index (Phi) is 4.21. The molecule has 3 atom stereocenters. The molecule has 1 aliphatic heterocycles. The van der Waals surface area contributed by atoms with E-state index in [0.717, 1.165) is 30.6 Å². The number of benzene rings is 1. The van der Waals surface area contributed by atoms with Gasteiger partial charge in [-0.05, 0) is 44.1 Å². The molecule has 120 valence electrons. The van der Waals surface area contributed by atoms with Crippen molar-refractivity contribution in [1.29, 1.82) is 0 Å². The number of nitrogens with two attached hydrogens (primary N) is 1. The van der Waals surface area contributed by atoms with E-state index >= 15 is 0 Å². The summed E-state index contributed by atoms with van der Waals surface area (Å²) in [7, 11) is 0. The van der Waals surface area contributed by atoms with Gasteiger partial charge >= 0.3 is 0 Å². The Morgan fingerprint density at radius 2 is 1.77 bits per heavy atom. The molecule has 2 aliphatic carbocycles. The van der Waals surface area contributed by atoms with Crippen molar-refractivity contribution < 1.29 is 0 Å². The van der Waals surface area contributed by atoms with Crippen molar-refractivity contribution in [3.05, 3.63) is 35.9 Å². The van der Waals surface area contributed by atoms with Gasteiger partial charge in [0.25, 0.3) is 0 Å². The maximum Gasteiger partial charge on any atom is 0.0180 e. The predicted octanol–water partition coefficient (Wildman–Crippen LogP) is 2.48. The van der Waals surface area contributed by atoms with Gasteiger partial charge in [-0.15, -0.1) is 0 Å². The van der Waals surface area contributed by atoms with Crippen LogP contribution in [0.2, 0.25) is 0 Å². The lowest BCUT2D eigenvalue weighted by molar-refractivity contribution is 0.171. The zero-order valence-electron chi connectivity index (χ0n) is 13.5. The highest BCUT2D eigenvalue weighted by Gasteiger charge is 2.40. The molecule has 22 heavy (non-hydrogen) atoms. The van der Waals surface area contributed by atoms with Crippen molar-refractivity contribution in [2.45, 2.75) is 68.6 Å². The fourth-order valence-corrected chi connectivity index (χ4v) is 4.51. The molecule has 3 heteroatoms. The minimum absolute atomic E-state index is 0.425. The summed E-state index contributed by atoms with van der Waals surface area (Å²) in [6.45, 7) is 2.35. The summed E-state index contributed by atoms with van der Waals surface area (Å²) in [6.07, 6.45) is 7.91. The van der Waals surface area contributed by atoms with Gasteiger partial charge in [0, 0.05) is 43.2 Å². The van der Waals surface area contributed by atoms with Crippen LogP contribution < -0.4 is 11.1 Å². The van der Waals surface area contributed by atoms with Crippen molar-refractivity contribution in [2.75, 3.05) is 13.1 Å². The van der Waals surface area contributed by atoms with Crippen LogP contribution >= 0.6 is 0 Å². The Balaban J connectivity index is 1.22. The van der Waals surface area contributed by atoms with Crippen LogP contribution in [-0.2, 0) is 0 Å². The molecule has 4 rings (SSSR count). The minimum Gasteiger partial charge on any atom is -0.326 e. The molecule has 0 bridgehead atoms. The van der Waals surface area contributed by atoms with Gasteiger partial charge in [-0.1, -0.05) is 30.3 Å². The van der Waals surface area contributed by atoms with Gasteiger partial charge in [-0.25, -0.2) is 0 Å². The third-order valence-corrected chi connectivity index (χ3v) is 5.94. The standard InChI is InChI=1S/C19H29N3/c20-15-10-11-22(13-15)17-8-6-16(7-9-17)21-19-12-18(19)14-4-2-1-3-5-14/h1-5,15-19,21H,6-13,20H2. The molecule has 0 radical (unpaired) electrons. The lowest BCUT2D eigenvalue weighted by atomic mass is 9.90. The second kappa shape index (κ2) is 6.31. The van der Waals surface area contributed by atoms with E-state index in [9.17, 15) is 0 Å². The maximum absolute atomic E-state index is 6.05. The third kappa shape index (κ3) is 3.22. The lowest BCUT2D eigenvalue weighted by Gasteiger charge is -2.35. The van der Waals surface area contributed by atoms with Gasteiger partial charge in [-0.3, -0.25) is 4.90 Å². The number of nitrogens with one attached hydrogen (secondary N) is 1. The van der Waals surface area contributed by atoms with Crippen LogP contribution in [0.5, 0.6) is 0 Å². The highest BCUT2D eigenvalue weighted by molar-refractivity contribution is 5.27. The summed E-state index contributed by atoms with van der Waals surface area (Å²) >= 11 is 0. The van der Waals surface area contributed by atoms with Crippen molar-refractivity contribution in [2.24, 2.45) is 5.73 Å². The molecule has 0 spiro atoms. The smallest absolute Gasteiger partial charge is 0.0180 e. The summed E-state index contributed by atoms with van der Waals surface area (Å²) in [6, 6.07) is 13.7. The quantitative estimate of drug-likeness (QED) is 0.897. The molecule has 1 aromatic rings. The highest BCUT2D eigenvalue weighted by Crippen LogP contribution is 2.41. The van der Waals surface area contributed by atoms with Gasteiger partial charge in [0.1, 0.15) is 0 Å². The fraction of sp³-hybridized carbons (Fsp3) is 0.684. The number of likely N-dealkylation sites (tertiary alicyclic amines) is 1. The number of nitrogens with zero attached hydrogens (tertiary/aromatic N) is 1. The molecule has 3 aliphatic rings. The molecule has 3 N–H and O–H groups in total. The number of rotatable bonds is 4. The van der Waals surface area contributed by atoms with Crippen LogP contribution in [0.1, 0.15) is 50.0 Å². The summed E-state index contributed by atoms with van der Waals surface area (Å²) in [4.78, 5) is 2.64. The van der Waals surface area contributed by atoms with E-state index < -0.39 is 0 Å². The first kappa shape index (κ1) is 14.7. The molecule has 3 unspecified atom stereocenters. The van der Waals surface area contributed by atoms with Gasteiger partial charge in [0.2, 0.25) is 0 Å². The molecular formula is C19H29N3. The Bertz CT molecular complexity index is 481. The molecule has 2 saturated carbocycles. The molecule has 1 aromatic carbocycles. The maximum atomic E-state index is 6.05. The zero-order chi connectivity index (χ0) is 14.9. The average molecular weight is 299 g/mol. The fourth-order valence-electron chi connectivity index (χ4n) is 4.51. The average Bonchev–Trinajstić information content (AvgIpc) is 3.19. The van der Waals surface area contributed by atoms with E-state index in [1.54, 1.807) is 0 Å². The first-order valence-corrected chi connectivity index (χ1v) is 9.10. The highest BCUT2D eigenvalue weighted by atomic mass is 15.2. The van der Waals surface area contributed by atoms with Crippen LogP contribution in [0.15, 0.2) is 30.3 Å². The second-order valence-electron chi connectivity index (χ2n) is 7.58. The van der Waals surface area contributed by atoms with E-state index in [1.807, 2.05) is 0 Å². The molecule has 3 fully saturated rings. The SMILES string of the molecule is NC1CCN(C2CCC(NC3CC3c3ccccc3)CC2)C1. The van der Waals surface area contributed by atoms with Gasteiger partial charge in [0.15, 0.2) is 0 Å². The van der Waals surface area contributed by atoms with Crippen LogP contribution in [0.3, 0.4) is 0 Å². The van der Waals surface area contributed by atoms with Gasteiger partial charge < -0.3 is 11.1 Å². The normalized spacial score (nSPS) is 39.0. The topological polar surface area (TPSA) is 41.3 Å². The van der Waals surface area contributed by atoms with Crippen LogP contribution in [0.4, 0.5) is 0 Å². The number of hydrogen-bond acceptors (Lipinski definition) is 3.